The molecule has 0 saturated carbocycles. The van der Waals surface area contributed by atoms with Crippen LogP contribution in [0.3, 0.4) is 0 Å². The van der Waals surface area contributed by atoms with E-state index >= 15 is 0 Å². The molecule has 0 spiro atoms. The normalized spacial score (nSPS) is 28.0. The molecule has 1 aromatic carbocycles. The standard InChI is InChI=1S/C12H14O5/c1-3-14-11(13)12(2)15-10(16-17-12)9-7-5-4-6-8-9/h4-8,10H,3H2,1-2H3. The lowest BCUT2D eigenvalue weighted by Gasteiger charge is -2.17. The lowest BCUT2D eigenvalue weighted by molar-refractivity contribution is -0.322. The number of hydrogen-bond donors (Lipinski definition) is 0. The number of rotatable bonds is 3. The van der Waals surface area contributed by atoms with Crippen molar-refractivity contribution in [3.8, 4) is 0 Å². The first-order valence-corrected chi connectivity index (χ1v) is 5.40. The van der Waals surface area contributed by atoms with Crippen LogP contribution in [0.1, 0.15) is 25.7 Å². The summed E-state index contributed by atoms with van der Waals surface area (Å²) in [5.74, 6) is -2.10. The van der Waals surface area contributed by atoms with Crippen molar-refractivity contribution in [2.75, 3.05) is 6.61 Å². The highest BCUT2D eigenvalue weighted by molar-refractivity contribution is 5.77. The van der Waals surface area contributed by atoms with Crippen LogP contribution in [0.4, 0.5) is 0 Å². The van der Waals surface area contributed by atoms with Gasteiger partial charge in [0.2, 0.25) is 6.29 Å². The zero-order chi connectivity index (χ0) is 12.3. The van der Waals surface area contributed by atoms with Crippen molar-refractivity contribution in [3.05, 3.63) is 35.9 Å². The smallest absolute Gasteiger partial charge is 0.369 e. The lowest BCUT2D eigenvalue weighted by atomic mass is 10.2. The van der Waals surface area contributed by atoms with Crippen molar-refractivity contribution in [2.24, 2.45) is 0 Å². The van der Waals surface area contributed by atoms with E-state index in [0.29, 0.717) is 0 Å². The summed E-state index contributed by atoms with van der Waals surface area (Å²) in [5, 5.41) is 0. The van der Waals surface area contributed by atoms with Crippen LogP contribution in [0.25, 0.3) is 0 Å². The van der Waals surface area contributed by atoms with E-state index in [1.165, 1.54) is 6.92 Å². The van der Waals surface area contributed by atoms with Gasteiger partial charge < -0.3 is 9.47 Å². The zero-order valence-corrected chi connectivity index (χ0v) is 9.71. The van der Waals surface area contributed by atoms with Gasteiger partial charge in [0.25, 0.3) is 5.79 Å². The third-order valence-corrected chi connectivity index (χ3v) is 2.34. The Morgan fingerprint density at radius 3 is 2.76 bits per heavy atom. The van der Waals surface area contributed by atoms with Gasteiger partial charge in [0.1, 0.15) is 0 Å². The van der Waals surface area contributed by atoms with Crippen LogP contribution in [-0.2, 0) is 24.0 Å². The molecular formula is C12H14O5. The molecule has 5 nitrogen and oxygen atoms in total. The summed E-state index contributed by atoms with van der Waals surface area (Å²) >= 11 is 0. The highest BCUT2D eigenvalue weighted by atomic mass is 17.3. The summed E-state index contributed by atoms with van der Waals surface area (Å²) in [4.78, 5) is 21.5. The second-order valence-corrected chi connectivity index (χ2v) is 3.71. The zero-order valence-electron chi connectivity index (χ0n) is 9.71. The molecule has 2 unspecified atom stereocenters. The molecule has 92 valence electrons. The first-order chi connectivity index (χ1) is 8.15. The van der Waals surface area contributed by atoms with Gasteiger partial charge in [-0.1, -0.05) is 30.3 Å². The number of benzene rings is 1. The number of esters is 1. The number of hydrogen-bond acceptors (Lipinski definition) is 5. The van der Waals surface area contributed by atoms with Gasteiger partial charge in [-0.25, -0.2) is 4.79 Å². The maximum absolute atomic E-state index is 11.6. The number of carbonyl (C=O) groups is 1. The summed E-state index contributed by atoms with van der Waals surface area (Å²) in [6, 6.07) is 9.23. The van der Waals surface area contributed by atoms with Crippen LogP contribution in [0.2, 0.25) is 0 Å². The van der Waals surface area contributed by atoms with E-state index in [9.17, 15) is 4.79 Å². The minimum absolute atomic E-state index is 0.261. The molecule has 0 amide bonds. The Hall–Kier alpha value is -1.43. The van der Waals surface area contributed by atoms with E-state index in [2.05, 4.69) is 0 Å². The Kier molecular flexibility index (Phi) is 3.42. The molecule has 0 aromatic heterocycles. The third-order valence-electron chi connectivity index (χ3n) is 2.34. The Labute approximate surface area is 99.2 Å². The van der Waals surface area contributed by atoms with Crippen molar-refractivity contribution in [3.63, 3.8) is 0 Å². The second kappa shape index (κ2) is 4.83. The largest absolute Gasteiger partial charge is 0.462 e. The molecule has 1 heterocycles. The molecule has 5 heteroatoms. The van der Waals surface area contributed by atoms with Gasteiger partial charge in [-0.2, -0.15) is 9.78 Å². The predicted octanol–water partition coefficient (Wildman–Crippen LogP) is 1.94. The highest BCUT2D eigenvalue weighted by Gasteiger charge is 2.48. The van der Waals surface area contributed by atoms with Crippen LogP contribution in [0.15, 0.2) is 30.3 Å². The van der Waals surface area contributed by atoms with Gasteiger partial charge in [-0.3, -0.25) is 0 Å². The molecule has 0 radical (unpaired) electrons. The molecule has 0 aliphatic carbocycles. The van der Waals surface area contributed by atoms with E-state index in [1.807, 2.05) is 30.3 Å². The van der Waals surface area contributed by atoms with Crippen molar-refractivity contribution in [1.82, 2.24) is 0 Å². The summed E-state index contributed by atoms with van der Waals surface area (Å²) in [7, 11) is 0. The Balaban J connectivity index is 2.07. The van der Waals surface area contributed by atoms with E-state index in [0.717, 1.165) is 5.56 Å². The van der Waals surface area contributed by atoms with Gasteiger partial charge in [0.05, 0.1) is 6.61 Å². The maximum Gasteiger partial charge on any atom is 0.369 e. The van der Waals surface area contributed by atoms with Crippen LogP contribution in [0, 0.1) is 0 Å². The minimum atomic E-state index is -1.50. The van der Waals surface area contributed by atoms with Crippen molar-refractivity contribution in [1.29, 1.82) is 0 Å². The molecular weight excluding hydrogens is 224 g/mol. The Bertz CT molecular complexity index is 391. The number of ether oxygens (including phenoxy) is 2. The second-order valence-electron chi connectivity index (χ2n) is 3.71. The van der Waals surface area contributed by atoms with Crippen LogP contribution >= 0.6 is 0 Å². The van der Waals surface area contributed by atoms with Gasteiger partial charge >= 0.3 is 5.97 Å². The molecule has 1 fully saturated rings. The fraction of sp³-hybridized carbons (Fsp3) is 0.417. The first kappa shape index (κ1) is 12.0. The molecule has 0 N–H and O–H groups in total. The SMILES string of the molecule is CCOC(=O)C1(C)OOC(c2ccccc2)O1. The lowest BCUT2D eigenvalue weighted by Crippen LogP contribution is -2.38. The molecule has 2 rings (SSSR count). The fourth-order valence-corrected chi connectivity index (χ4v) is 1.46. The molecule has 1 aliphatic rings. The Morgan fingerprint density at radius 1 is 1.41 bits per heavy atom. The highest BCUT2D eigenvalue weighted by Crippen LogP contribution is 2.35. The summed E-state index contributed by atoms with van der Waals surface area (Å²) in [5.41, 5.74) is 0.778. The van der Waals surface area contributed by atoms with Crippen molar-refractivity contribution < 1.29 is 24.0 Å². The summed E-state index contributed by atoms with van der Waals surface area (Å²) in [6.07, 6.45) is -0.717. The monoisotopic (exact) mass is 238 g/mol. The van der Waals surface area contributed by atoms with Crippen molar-refractivity contribution in [2.45, 2.75) is 25.9 Å². The quantitative estimate of drug-likeness (QED) is 0.595. The van der Waals surface area contributed by atoms with E-state index < -0.39 is 18.0 Å². The van der Waals surface area contributed by atoms with Crippen LogP contribution < -0.4 is 0 Å². The maximum atomic E-state index is 11.6. The fourth-order valence-electron chi connectivity index (χ4n) is 1.46. The first-order valence-electron chi connectivity index (χ1n) is 5.40. The molecule has 2 atom stereocenters. The molecule has 1 aromatic rings. The third kappa shape index (κ3) is 2.46. The molecule has 0 bridgehead atoms. The summed E-state index contributed by atoms with van der Waals surface area (Å²) < 4.78 is 10.3. The number of carbonyl (C=O) groups excluding carboxylic acids is 1. The van der Waals surface area contributed by atoms with Gasteiger partial charge in [0.15, 0.2) is 0 Å². The minimum Gasteiger partial charge on any atom is -0.462 e. The molecule has 1 aliphatic heterocycles. The van der Waals surface area contributed by atoms with Gasteiger partial charge in [-0.05, 0) is 6.92 Å². The van der Waals surface area contributed by atoms with Gasteiger partial charge in [0, 0.05) is 12.5 Å². The van der Waals surface area contributed by atoms with Crippen LogP contribution in [-0.4, -0.2) is 18.4 Å². The summed E-state index contributed by atoms with van der Waals surface area (Å²) in [6.45, 7) is 3.44. The molecule has 17 heavy (non-hydrogen) atoms. The van der Waals surface area contributed by atoms with Crippen molar-refractivity contribution >= 4 is 5.97 Å². The predicted molar refractivity (Wildman–Crippen MR) is 57.5 cm³/mol. The van der Waals surface area contributed by atoms with E-state index in [1.54, 1.807) is 6.92 Å². The van der Waals surface area contributed by atoms with Gasteiger partial charge in [-0.15, -0.1) is 0 Å². The average Bonchev–Trinajstić information content (AvgIpc) is 2.75. The average molecular weight is 238 g/mol. The Morgan fingerprint density at radius 2 is 2.12 bits per heavy atom. The van der Waals surface area contributed by atoms with E-state index in [4.69, 9.17) is 19.2 Å². The topological polar surface area (TPSA) is 54.0 Å². The van der Waals surface area contributed by atoms with Crippen LogP contribution in [0.5, 0.6) is 0 Å². The molecule has 1 saturated heterocycles. The van der Waals surface area contributed by atoms with E-state index in [-0.39, 0.29) is 6.61 Å².